The van der Waals surface area contributed by atoms with Crippen LogP contribution in [0.15, 0.2) is 36.4 Å². The van der Waals surface area contributed by atoms with Crippen molar-refractivity contribution in [3.05, 3.63) is 42.0 Å². The van der Waals surface area contributed by atoms with Crippen LogP contribution >= 0.6 is 0 Å². The maximum absolute atomic E-state index is 13.3. The van der Waals surface area contributed by atoms with Gasteiger partial charge in [0.2, 0.25) is 17.6 Å². The average molecular weight is 497 g/mol. The molecule has 0 aromatic heterocycles. The van der Waals surface area contributed by atoms with Gasteiger partial charge in [-0.1, -0.05) is 0 Å². The molecule has 0 radical (unpaired) electrons. The van der Waals surface area contributed by atoms with Crippen molar-refractivity contribution in [2.45, 2.75) is 25.3 Å². The number of methoxy groups -OCH3 is 3. The predicted octanol–water partition coefficient (Wildman–Crippen LogP) is 2.24. The minimum Gasteiger partial charge on any atom is -0.493 e. The summed E-state index contributed by atoms with van der Waals surface area (Å²) in [6.07, 6.45) is 1.34. The molecule has 2 aromatic carbocycles. The fourth-order valence-electron chi connectivity index (χ4n) is 4.40. The van der Waals surface area contributed by atoms with Crippen LogP contribution in [-0.4, -0.2) is 63.1 Å². The zero-order valence-corrected chi connectivity index (χ0v) is 20.5. The van der Waals surface area contributed by atoms with Gasteiger partial charge >= 0.3 is 6.03 Å². The van der Waals surface area contributed by atoms with E-state index in [0.717, 1.165) is 17.0 Å². The van der Waals surface area contributed by atoms with E-state index in [1.807, 2.05) is 0 Å². The molecule has 0 spiro atoms. The lowest BCUT2D eigenvalue weighted by Gasteiger charge is -2.24. The Hall–Kier alpha value is -4.28. The third kappa shape index (κ3) is 4.39. The number of urea groups is 1. The number of nitrogens with one attached hydrogen (secondary N) is 2. The molecule has 4 rings (SSSR count). The zero-order chi connectivity index (χ0) is 26.0. The topological polar surface area (TPSA) is 127 Å². The van der Waals surface area contributed by atoms with Gasteiger partial charge in [0, 0.05) is 24.3 Å². The number of amides is 5. The molecule has 11 nitrogen and oxygen atoms in total. The van der Waals surface area contributed by atoms with Crippen LogP contribution in [0, 0.1) is 0 Å². The maximum Gasteiger partial charge on any atom is 0.325 e. The molecule has 5 amide bonds. The third-order valence-electron chi connectivity index (χ3n) is 6.35. The van der Waals surface area contributed by atoms with Crippen LogP contribution in [-0.2, 0) is 19.9 Å². The summed E-state index contributed by atoms with van der Waals surface area (Å²) in [5, 5.41) is 5.35. The highest BCUT2D eigenvalue weighted by Gasteiger charge is 2.50. The summed E-state index contributed by atoms with van der Waals surface area (Å²) in [5.41, 5.74) is 0.194. The Kier molecular flexibility index (Phi) is 6.73. The van der Waals surface area contributed by atoms with Gasteiger partial charge in [-0.2, -0.15) is 0 Å². The summed E-state index contributed by atoms with van der Waals surface area (Å²) in [4.78, 5) is 53.2. The molecule has 2 saturated heterocycles. The molecular formula is C25H28N4O7. The molecule has 190 valence electrons. The first kappa shape index (κ1) is 24.8. The summed E-state index contributed by atoms with van der Waals surface area (Å²) in [6, 6.07) is 9.29. The summed E-state index contributed by atoms with van der Waals surface area (Å²) in [7, 11) is 4.36. The van der Waals surface area contributed by atoms with Gasteiger partial charge < -0.3 is 29.7 Å². The lowest BCUT2D eigenvalue weighted by molar-refractivity contribution is -0.133. The predicted molar refractivity (Wildman–Crippen MR) is 130 cm³/mol. The number of nitrogens with zero attached hydrogens (tertiary/aromatic N) is 2. The van der Waals surface area contributed by atoms with Crippen molar-refractivity contribution in [1.82, 2.24) is 10.2 Å². The van der Waals surface area contributed by atoms with E-state index >= 15 is 0 Å². The van der Waals surface area contributed by atoms with Crippen LogP contribution in [0.25, 0.3) is 0 Å². The van der Waals surface area contributed by atoms with E-state index in [1.165, 1.54) is 21.3 Å². The SMILES string of the molecule is COc1cc([C@@]2(C)NC(=O)N(CC(=O)Nc3ccc(N4CCCC4=O)cc3)C2=O)cc(OC)c1OC. The maximum atomic E-state index is 13.3. The Morgan fingerprint density at radius 1 is 1.03 bits per heavy atom. The summed E-state index contributed by atoms with van der Waals surface area (Å²) < 4.78 is 16.0. The molecule has 2 aliphatic rings. The number of imide groups is 1. The molecule has 2 fully saturated rings. The molecule has 0 saturated carbocycles. The lowest BCUT2D eigenvalue weighted by atomic mass is 9.91. The van der Waals surface area contributed by atoms with Crippen molar-refractivity contribution in [2.75, 3.05) is 44.6 Å². The van der Waals surface area contributed by atoms with E-state index in [0.29, 0.717) is 41.5 Å². The molecule has 2 heterocycles. The number of carbonyl (C=O) groups is 4. The number of rotatable bonds is 8. The van der Waals surface area contributed by atoms with Crippen LogP contribution in [0.1, 0.15) is 25.3 Å². The van der Waals surface area contributed by atoms with E-state index in [-0.39, 0.29) is 5.91 Å². The normalized spacial score (nSPS) is 19.4. The lowest BCUT2D eigenvalue weighted by Crippen LogP contribution is -2.42. The Balaban J connectivity index is 1.48. The van der Waals surface area contributed by atoms with Crippen LogP contribution in [0.3, 0.4) is 0 Å². The fraction of sp³-hybridized carbons (Fsp3) is 0.360. The highest BCUT2D eigenvalue weighted by molar-refractivity contribution is 6.10. The van der Waals surface area contributed by atoms with Crippen LogP contribution in [0.2, 0.25) is 0 Å². The molecule has 2 aliphatic heterocycles. The molecule has 0 bridgehead atoms. The van der Waals surface area contributed by atoms with Gasteiger partial charge in [-0.25, -0.2) is 4.79 Å². The van der Waals surface area contributed by atoms with Gasteiger partial charge in [-0.05, 0) is 55.3 Å². The average Bonchev–Trinajstić information content (AvgIpc) is 3.39. The Morgan fingerprint density at radius 2 is 1.67 bits per heavy atom. The van der Waals surface area contributed by atoms with Gasteiger partial charge in [0.15, 0.2) is 11.5 Å². The molecule has 0 unspecified atom stereocenters. The van der Waals surface area contributed by atoms with Crippen molar-refractivity contribution < 1.29 is 33.4 Å². The van der Waals surface area contributed by atoms with Gasteiger partial charge in [0.05, 0.1) is 21.3 Å². The number of anilines is 2. The van der Waals surface area contributed by atoms with Crippen molar-refractivity contribution in [2.24, 2.45) is 0 Å². The number of ether oxygens (including phenoxy) is 3. The van der Waals surface area contributed by atoms with Crippen molar-refractivity contribution in [3.8, 4) is 17.2 Å². The first-order valence-electron chi connectivity index (χ1n) is 11.4. The Labute approximate surface area is 208 Å². The van der Waals surface area contributed by atoms with Crippen LogP contribution in [0.5, 0.6) is 17.2 Å². The summed E-state index contributed by atoms with van der Waals surface area (Å²) in [6.45, 7) is 1.74. The van der Waals surface area contributed by atoms with Crippen LogP contribution in [0.4, 0.5) is 16.2 Å². The van der Waals surface area contributed by atoms with E-state index in [2.05, 4.69) is 10.6 Å². The quantitative estimate of drug-likeness (QED) is 0.537. The van der Waals surface area contributed by atoms with Gasteiger partial charge in [0.1, 0.15) is 12.1 Å². The standard InChI is InChI=1S/C25H28N4O7/c1-25(15-12-18(34-2)22(36-4)19(13-15)35-3)23(32)29(24(33)27-25)14-20(30)26-16-7-9-17(10-8-16)28-11-5-6-21(28)31/h7-10,12-13H,5-6,11,14H2,1-4H3,(H,26,30)(H,27,33)/t25-/m1/s1. The van der Waals surface area contributed by atoms with E-state index in [1.54, 1.807) is 48.2 Å². The van der Waals surface area contributed by atoms with E-state index in [9.17, 15) is 19.2 Å². The van der Waals surface area contributed by atoms with E-state index < -0.39 is 29.9 Å². The summed E-state index contributed by atoms with van der Waals surface area (Å²) >= 11 is 0. The fourth-order valence-corrected chi connectivity index (χ4v) is 4.40. The number of benzene rings is 2. The highest BCUT2D eigenvalue weighted by Crippen LogP contribution is 2.42. The minimum absolute atomic E-state index is 0.0699. The van der Waals surface area contributed by atoms with Crippen molar-refractivity contribution in [1.29, 1.82) is 0 Å². The third-order valence-corrected chi connectivity index (χ3v) is 6.35. The van der Waals surface area contributed by atoms with E-state index in [4.69, 9.17) is 14.2 Å². The van der Waals surface area contributed by atoms with Crippen molar-refractivity contribution >= 4 is 35.1 Å². The highest BCUT2D eigenvalue weighted by atomic mass is 16.5. The van der Waals surface area contributed by atoms with Gasteiger partial charge in [-0.15, -0.1) is 0 Å². The first-order chi connectivity index (χ1) is 17.2. The molecule has 36 heavy (non-hydrogen) atoms. The smallest absolute Gasteiger partial charge is 0.325 e. The molecule has 2 aromatic rings. The minimum atomic E-state index is -1.45. The van der Waals surface area contributed by atoms with Crippen LogP contribution < -0.4 is 29.7 Å². The monoisotopic (exact) mass is 496 g/mol. The molecule has 11 heteroatoms. The Morgan fingerprint density at radius 3 is 2.19 bits per heavy atom. The second kappa shape index (κ2) is 9.76. The summed E-state index contributed by atoms with van der Waals surface area (Å²) in [5.74, 6) is -0.0748. The second-order valence-corrected chi connectivity index (χ2v) is 8.60. The molecule has 1 atom stereocenters. The van der Waals surface area contributed by atoms with Gasteiger partial charge in [0.25, 0.3) is 5.91 Å². The number of hydrogen-bond donors (Lipinski definition) is 2. The van der Waals surface area contributed by atoms with Crippen molar-refractivity contribution in [3.63, 3.8) is 0 Å². The molecule has 0 aliphatic carbocycles. The Bertz CT molecular complexity index is 1190. The largest absolute Gasteiger partial charge is 0.493 e. The molecular weight excluding hydrogens is 468 g/mol. The zero-order valence-electron chi connectivity index (χ0n) is 20.5. The second-order valence-electron chi connectivity index (χ2n) is 8.60. The first-order valence-corrected chi connectivity index (χ1v) is 11.4. The number of carbonyl (C=O) groups excluding carboxylic acids is 4. The molecule has 2 N–H and O–H groups in total. The van der Waals surface area contributed by atoms with Gasteiger partial charge in [-0.3, -0.25) is 19.3 Å². The number of hydrogen-bond acceptors (Lipinski definition) is 7.